The first-order valence-electron chi connectivity index (χ1n) is 5.15. The minimum Gasteiger partial charge on any atom is -0.297 e. The van der Waals surface area contributed by atoms with Gasteiger partial charge in [-0.2, -0.15) is 0 Å². The van der Waals surface area contributed by atoms with Crippen LogP contribution >= 0.6 is 23.1 Å². The molecular weight excluding hydrogens is 230 g/mol. The molecule has 1 heterocycles. The van der Waals surface area contributed by atoms with Gasteiger partial charge in [0.15, 0.2) is 0 Å². The fourth-order valence-corrected chi connectivity index (χ4v) is 2.80. The average Bonchev–Trinajstić information content (AvgIpc) is 2.47. The lowest BCUT2D eigenvalue weighted by Gasteiger charge is -2.47. The maximum atomic E-state index is 5.97. The Hall–Kier alpha value is -0.190. The second-order valence-electron chi connectivity index (χ2n) is 5.13. The largest absolute Gasteiger partial charge is 0.297 e. The highest BCUT2D eigenvalue weighted by Gasteiger charge is 2.38. The van der Waals surface area contributed by atoms with Crippen LogP contribution in [0, 0.1) is 5.41 Å². The molecule has 0 saturated heterocycles. The molecule has 0 unspecified atom stereocenters. The van der Waals surface area contributed by atoms with Gasteiger partial charge in [-0.3, -0.25) is 4.90 Å². The first-order valence-corrected chi connectivity index (χ1v) is 6.30. The summed E-state index contributed by atoms with van der Waals surface area (Å²) >= 11 is 7.23. The lowest BCUT2D eigenvalue weighted by atomic mass is 9.68. The van der Waals surface area contributed by atoms with Crippen LogP contribution in [0.5, 0.6) is 0 Å². The van der Waals surface area contributed by atoms with E-state index >= 15 is 0 Å². The van der Waals surface area contributed by atoms with E-state index in [4.69, 9.17) is 11.6 Å². The maximum absolute atomic E-state index is 5.97. The highest BCUT2D eigenvalue weighted by atomic mass is 35.5. The Kier molecular flexibility index (Phi) is 3.01. The number of rotatable bonds is 3. The second-order valence-corrected chi connectivity index (χ2v) is 6.49. The summed E-state index contributed by atoms with van der Waals surface area (Å²) in [6, 6.07) is 0.678. The van der Waals surface area contributed by atoms with Gasteiger partial charge in [0.05, 0.1) is 0 Å². The normalized spacial score (nSPS) is 20.6. The van der Waals surface area contributed by atoms with Crippen LogP contribution in [-0.4, -0.2) is 27.6 Å². The van der Waals surface area contributed by atoms with Gasteiger partial charge in [0, 0.05) is 24.1 Å². The predicted octanol–water partition coefficient (Wildman–Crippen LogP) is 2.81. The summed E-state index contributed by atoms with van der Waals surface area (Å²) in [5.41, 5.74) is 1.43. The molecule has 1 aliphatic carbocycles. The zero-order valence-corrected chi connectivity index (χ0v) is 10.9. The predicted molar refractivity (Wildman–Crippen MR) is 63.2 cm³/mol. The minimum absolute atomic E-state index is 0.517. The van der Waals surface area contributed by atoms with Gasteiger partial charge in [-0.1, -0.05) is 29.9 Å². The van der Waals surface area contributed by atoms with Crippen molar-refractivity contribution in [2.75, 3.05) is 7.05 Å². The molecule has 3 nitrogen and oxygen atoms in total. The highest BCUT2D eigenvalue weighted by Crippen LogP contribution is 2.42. The van der Waals surface area contributed by atoms with Crippen LogP contribution in [-0.2, 0) is 6.54 Å². The molecule has 0 aliphatic heterocycles. The van der Waals surface area contributed by atoms with Crippen molar-refractivity contribution in [3.8, 4) is 0 Å². The van der Waals surface area contributed by atoms with Gasteiger partial charge in [-0.25, -0.2) is 0 Å². The zero-order chi connectivity index (χ0) is 11.1. The molecular formula is C10H16ClN3S. The molecule has 0 amide bonds. The minimum atomic E-state index is 0.517. The number of hydrogen-bond donors (Lipinski definition) is 0. The van der Waals surface area contributed by atoms with Crippen LogP contribution in [0.25, 0.3) is 0 Å². The van der Waals surface area contributed by atoms with E-state index in [1.54, 1.807) is 0 Å². The van der Waals surface area contributed by atoms with Crippen LogP contribution in [0.15, 0.2) is 0 Å². The number of halogens is 1. The van der Waals surface area contributed by atoms with Crippen LogP contribution < -0.4 is 0 Å². The summed E-state index contributed by atoms with van der Waals surface area (Å²) < 4.78 is 4.56. The fraction of sp³-hybridized carbons (Fsp3) is 0.800. The summed E-state index contributed by atoms with van der Waals surface area (Å²) in [6.45, 7) is 5.44. The zero-order valence-electron chi connectivity index (χ0n) is 9.33. The lowest BCUT2D eigenvalue weighted by Crippen LogP contribution is -2.46. The van der Waals surface area contributed by atoms with Crippen LogP contribution in [0.3, 0.4) is 0 Å². The van der Waals surface area contributed by atoms with Crippen LogP contribution in [0.4, 0.5) is 0 Å². The highest BCUT2D eigenvalue weighted by molar-refractivity contribution is 7.10. The molecule has 2 rings (SSSR count). The summed E-state index contributed by atoms with van der Waals surface area (Å²) in [4.78, 5) is 2.33. The van der Waals surface area contributed by atoms with Gasteiger partial charge in [0.2, 0.25) is 0 Å². The SMILES string of the molecule is CN(Cc1nnsc1Cl)C1CC(C)(C)C1. The Bertz CT molecular complexity index is 342. The molecule has 0 aromatic carbocycles. The molecule has 1 aromatic heterocycles. The summed E-state index contributed by atoms with van der Waals surface area (Å²) in [7, 11) is 2.13. The van der Waals surface area contributed by atoms with Gasteiger partial charge in [-0.05, 0) is 25.3 Å². The van der Waals surface area contributed by atoms with E-state index in [1.807, 2.05) is 0 Å². The molecule has 1 saturated carbocycles. The van der Waals surface area contributed by atoms with Crippen molar-refractivity contribution in [3.63, 3.8) is 0 Å². The van der Waals surface area contributed by atoms with E-state index in [9.17, 15) is 0 Å². The van der Waals surface area contributed by atoms with Gasteiger partial charge in [0.25, 0.3) is 0 Å². The van der Waals surface area contributed by atoms with E-state index in [1.165, 1.54) is 24.4 Å². The molecule has 0 spiro atoms. The molecule has 1 aromatic rings. The molecule has 0 radical (unpaired) electrons. The monoisotopic (exact) mass is 245 g/mol. The van der Waals surface area contributed by atoms with E-state index in [0.717, 1.165) is 16.6 Å². The van der Waals surface area contributed by atoms with Crippen molar-refractivity contribution >= 4 is 23.1 Å². The van der Waals surface area contributed by atoms with Crippen molar-refractivity contribution < 1.29 is 0 Å². The van der Waals surface area contributed by atoms with Crippen molar-refractivity contribution in [3.05, 3.63) is 10.0 Å². The molecule has 0 bridgehead atoms. The van der Waals surface area contributed by atoms with Crippen molar-refractivity contribution in [1.29, 1.82) is 0 Å². The van der Waals surface area contributed by atoms with Gasteiger partial charge in [0.1, 0.15) is 10.0 Å². The fourth-order valence-electron chi connectivity index (χ4n) is 2.18. The Morgan fingerprint density at radius 2 is 2.20 bits per heavy atom. The number of nitrogens with zero attached hydrogens (tertiary/aromatic N) is 3. The topological polar surface area (TPSA) is 29.0 Å². The maximum Gasteiger partial charge on any atom is 0.138 e. The summed E-state index contributed by atoms with van der Waals surface area (Å²) in [5.74, 6) is 0. The Labute approximate surface area is 99.6 Å². The van der Waals surface area contributed by atoms with Gasteiger partial charge < -0.3 is 0 Å². The first-order chi connectivity index (χ1) is 6.98. The average molecular weight is 246 g/mol. The van der Waals surface area contributed by atoms with Gasteiger partial charge >= 0.3 is 0 Å². The molecule has 0 N–H and O–H groups in total. The van der Waals surface area contributed by atoms with E-state index in [2.05, 4.69) is 35.4 Å². The van der Waals surface area contributed by atoms with E-state index < -0.39 is 0 Å². The van der Waals surface area contributed by atoms with Crippen molar-refractivity contribution in [2.24, 2.45) is 5.41 Å². The van der Waals surface area contributed by atoms with Crippen molar-refractivity contribution in [1.82, 2.24) is 14.5 Å². The molecule has 84 valence electrons. The van der Waals surface area contributed by atoms with Crippen LogP contribution in [0.1, 0.15) is 32.4 Å². The standard InChI is InChI=1S/C10H16ClN3S/c1-10(2)4-7(5-10)14(3)6-8-9(11)15-13-12-8/h7H,4-6H2,1-3H3. The van der Waals surface area contributed by atoms with Gasteiger partial charge in [-0.15, -0.1) is 5.10 Å². The molecule has 1 aliphatic rings. The quantitative estimate of drug-likeness (QED) is 0.820. The smallest absolute Gasteiger partial charge is 0.138 e. The first kappa shape index (κ1) is 11.3. The number of hydrogen-bond acceptors (Lipinski definition) is 4. The third-order valence-corrected chi connectivity index (χ3v) is 4.09. The Balaban J connectivity index is 1.89. The summed E-state index contributed by atoms with van der Waals surface area (Å²) in [6.07, 6.45) is 2.53. The molecule has 0 atom stereocenters. The third kappa shape index (κ3) is 2.49. The van der Waals surface area contributed by atoms with E-state index in [-0.39, 0.29) is 0 Å². The van der Waals surface area contributed by atoms with Crippen molar-refractivity contribution in [2.45, 2.75) is 39.3 Å². The number of aromatic nitrogens is 2. The molecule has 5 heteroatoms. The Morgan fingerprint density at radius 1 is 1.53 bits per heavy atom. The molecule has 15 heavy (non-hydrogen) atoms. The molecule has 1 fully saturated rings. The summed E-state index contributed by atoms with van der Waals surface area (Å²) in [5, 5.41) is 4.03. The Morgan fingerprint density at radius 3 is 2.67 bits per heavy atom. The third-order valence-electron chi connectivity index (χ3n) is 3.11. The van der Waals surface area contributed by atoms with Crippen LogP contribution in [0.2, 0.25) is 4.34 Å². The lowest BCUT2D eigenvalue weighted by molar-refractivity contribution is 0.0367. The second kappa shape index (κ2) is 4.00. The van der Waals surface area contributed by atoms with E-state index in [0.29, 0.717) is 11.5 Å².